The zero-order chi connectivity index (χ0) is 22.1. The highest BCUT2D eigenvalue weighted by molar-refractivity contribution is 6.42. The molecular weight excluding hydrogens is 425 g/mol. The van der Waals surface area contributed by atoms with Crippen molar-refractivity contribution >= 4 is 40.9 Å². The Bertz CT molecular complexity index is 917. The van der Waals surface area contributed by atoms with Crippen LogP contribution in [0.3, 0.4) is 0 Å². The highest BCUT2D eigenvalue weighted by Crippen LogP contribution is 2.28. The lowest BCUT2D eigenvalue weighted by atomic mass is 10.1. The minimum absolute atomic E-state index is 0.190. The lowest BCUT2D eigenvalue weighted by Crippen LogP contribution is -2.20. The molecule has 8 heteroatoms. The Morgan fingerprint density at radius 1 is 1.03 bits per heavy atom. The Labute approximate surface area is 188 Å². The van der Waals surface area contributed by atoms with Crippen LogP contribution in [0.5, 0.6) is 11.5 Å². The number of aryl methyl sites for hydroxylation is 2. The van der Waals surface area contributed by atoms with Crippen molar-refractivity contribution in [2.45, 2.75) is 20.8 Å². The molecule has 0 aliphatic heterocycles. The van der Waals surface area contributed by atoms with Gasteiger partial charge in [0.15, 0.2) is 0 Å². The summed E-state index contributed by atoms with van der Waals surface area (Å²) < 4.78 is 11.7. The van der Waals surface area contributed by atoms with Crippen molar-refractivity contribution in [3.63, 3.8) is 0 Å². The molecule has 30 heavy (non-hydrogen) atoms. The van der Waals surface area contributed by atoms with E-state index in [2.05, 4.69) is 17.1 Å². The first kappa shape index (κ1) is 23.8. The molecule has 162 valence electrons. The van der Waals surface area contributed by atoms with Crippen molar-refractivity contribution < 1.29 is 14.3 Å². The second-order valence-corrected chi connectivity index (χ2v) is 7.53. The van der Waals surface area contributed by atoms with E-state index >= 15 is 0 Å². The van der Waals surface area contributed by atoms with Crippen LogP contribution < -0.4 is 9.47 Å². The van der Waals surface area contributed by atoms with E-state index in [0.29, 0.717) is 21.5 Å². The van der Waals surface area contributed by atoms with Gasteiger partial charge in [-0.15, -0.1) is 0 Å². The normalized spacial score (nSPS) is 11.6. The molecule has 6 nitrogen and oxygen atoms in total. The summed E-state index contributed by atoms with van der Waals surface area (Å²) in [5.41, 5.74) is 3.50. The zero-order valence-corrected chi connectivity index (χ0v) is 19.4. The van der Waals surface area contributed by atoms with E-state index in [0.717, 1.165) is 29.1 Å². The summed E-state index contributed by atoms with van der Waals surface area (Å²) in [6, 6.07) is 9.04. The molecule has 2 rings (SSSR count). The topological polar surface area (TPSA) is 55.7 Å². The molecule has 0 atom stereocenters. The van der Waals surface area contributed by atoms with Crippen LogP contribution >= 0.6 is 23.2 Å². The van der Waals surface area contributed by atoms with Gasteiger partial charge in [-0.1, -0.05) is 28.4 Å². The van der Waals surface area contributed by atoms with Crippen molar-refractivity contribution in [1.29, 1.82) is 0 Å². The first-order valence-electron chi connectivity index (χ1n) is 9.49. The minimum Gasteiger partial charge on any atom is -0.487 e. The van der Waals surface area contributed by atoms with E-state index in [-0.39, 0.29) is 13.2 Å². The highest BCUT2D eigenvalue weighted by Gasteiger charge is 2.09. The van der Waals surface area contributed by atoms with E-state index in [1.54, 1.807) is 18.2 Å². The number of benzene rings is 2. The van der Waals surface area contributed by atoms with Crippen LogP contribution in [0.1, 0.15) is 18.1 Å². The predicted molar refractivity (Wildman–Crippen MR) is 124 cm³/mol. The van der Waals surface area contributed by atoms with Gasteiger partial charge in [0, 0.05) is 19.7 Å². The molecule has 2 aromatic carbocycles. The van der Waals surface area contributed by atoms with E-state index in [1.807, 2.05) is 44.3 Å². The van der Waals surface area contributed by atoms with E-state index in [4.69, 9.17) is 37.5 Å². The molecule has 0 unspecified atom stereocenters. The average Bonchev–Trinajstić information content (AvgIpc) is 2.73. The highest BCUT2D eigenvalue weighted by atomic mass is 35.5. The Balaban J connectivity index is 2.03. The number of halogens is 2. The number of rotatable bonds is 10. The Morgan fingerprint density at radius 3 is 2.43 bits per heavy atom. The number of hydrogen-bond donors (Lipinski definition) is 0. The summed E-state index contributed by atoms with van der Waals surface area (Å²) in [4.78, 5) is 11.5. The van der Waals surface area contributed by atoms with Gasteiger partial charge in [-0.25, -0.2) is 4.99 Å². The molecule has 0 aliphatic carbocycles. The third-order valence-corrected chi connectivity index (χ3v) is 5.04. The fourth-order valence-corrected chi connectivity index (χ4v) is 2.72. The van der Waals surface area contributed by atoms with Crippen LogP contribution in [-0.2, 0) is 4.84 Å². The van der Waals surface area contributed by atoms with Crippen molar-refractivity contribution in [1.82, 2.24) is 4.90 Å². The average molecular weight is 452 g/mol. The molecule has 0 radical (unpaired) electrons. The summed E-state index contributed by atoms with van der Waals surface area (Å²) >= 11 is 11.9. The maximum Gasteiger partial charge on any atom is 0.133 e. The van der Waals surface area contributed by atoms with Gasteiger partial charge in [-0.2, -0.15) is 0 Å². The summed E-state index contributed by atoms with van der Waals surface area (Å²) in [5, 5.41) is 4.90. The lowest BCUT2D eigenvalue weighted by Gasteiger charge is -2.14. The fourth-order valence-electron chi connectivity index (χ4n) is 2.43. The molecule has 2 aromatic rings. The Kier molecular flexibility index (Phi) is 9.27. The maximum atomic E-state index is 6.02. The number of hydrogen-bond acceptors (Lipinski definition) is 5. The second kappa shape index (κ2) is 11.7. The van der Waals surface area contributed by atoms with E-state index in [1.165, 1.54) is 7.11 Å². The molecule has 0 aliphatic rings. The molecule has 0 heterocycles. The Hall–Kier alpha value is -2.44. The zero-order valence-electron chi connectivity index (χ0n) is 17.9. The number of aliphatic imine (C=N–C) groups is 1. The monoisotopic (exact) mass is 451 g/mol. The molecule has 0 aromatic heterocycles. The van der Waals surface area contributed by atoms with E-state index < -0.39 is 0 Å². The first-order valence-corrected chi connectivity index (χ1v) is 10.2. The minimum atomic E-state index is 0.190. The largest absolute Gasteiger partial charge is 0.487 e. The number of nitrogens with zero attached hydrogens (tertiary/aromatic N) is 3. The van der Waals surface area contributed by atoms with Gasteiger partial charge >= 0.3 is 0 Å². The molecule has 0 saturated heterocycles. The van der Waals surface area contributed by atoms with Crippen LogP contribution in [0.2, 0.25) is 10.0 Å². The second-order valence-electron chi connectivity index (χ2n) is 6.72. The van der Waals surface area contributed by atoms with Gasteiger partial charge in [-0.05, 0) is 56.2 Å². The van der Waals surface area contributed by atoms with Crippen molar-refractivity contribution in [2.24, 2.45) is 10.1 Å². The maximum absolute atomic E-state index is 6.02. The SMILES string of the molecule is CCN(C)C=Nc1cc(C)c(OC/C(COc2ccc(Cl)c(Cl)c2)=N\OC)cc1C. The molecule has 0 bridgehead atoms. The van der Waals surface area contributed by atoms with Gasteiger partial charge in [0.1, 0.15) is 37.5 Å². The molecule has 0 amide bonds. The summed E-state index contributed by atoms with van der Waals surface area (Å²) in [5.74, 6) is 1.34. The quantitative estimate of drug-likeness (QED) is 0.264. The van der Waals surface area contributed by atoms with Gasteiger partial charge in [-0.3, -0.25) is 0 Å². The molecule has 0 saturated carbocycles. The Morgan fingerprint density at radius 2 is 1.77 bits per heavy atom. The van der Waals surface area contributed by atoms with Crippen LogP contribution in [0.15, 0.2) is 40.5 Å². The summed E-state index contributed by atoms with van der Waals surface area (Å²) in [6.07, 6.45) is 1.83. The number of ether oxygens (including phenoxy) is 2. The third kappa shape index (κ3) is 7.11. The third-order valence-electron chi connectivity index (χ3n) is 4.30. The molecule has 0 fully saturated rings. The summed E-state index contributed by atoms with van der Waals surface area (Å²) in [7, 11) is 3.47. The van der Waals surface area contributed by atoms with Crippen LogP contribution in [0.25, 0.3) is 0 Å². The van der Waals surface area contributed by atoms with Crippen LogP contribution in [0.4, 0.5) is 5.69 Å². The van der Waals surface area contributed by atoms with Gasteiger partial charge in [0.2, 0.25) is 0 Å². The standard InChI is InChI=1S/C22H27Cl2N3O3/c1-6-27(4)14-25-21-9-16(3)22(10-15(21)2)30-13-17(26-28-5)12-29-18-7-8-19(23)20(24)11-18/h7-11,14H,6,12-13H2,1-5H3/b25-14?,26-17-. The van der Waals surface area contributed by atoms with Crippen molar-refractivity contribution in [2.75, 3.05) is 33.9 Å². The number of oxime groups is 1. The van der Waals surface area contributed by atoms with Crippen LogP contribution in [0, 0.1) is 13.8 Å². The lowest BCUT2D eigenvalue weighted by molar-refractivity contribution is 0.205. The first-order chi connectivity index (χ1) is 14.3. The van der Waals surface area contributed by atoms with Crippen molar-refractivity contribution in [3.8, 4) is 11.5 Å². The van der Waals surface area contributed by atoms with Gasteiger partial charge in [0.25, 0.3) is 0 Å². The van der Waals surface area contributed by atoms with Crippen LogP contribution in [-0.4, -0.2) is 50.9 Å². The van der Waals surface area contributed by atoms with Gasteiger partial charge < -0.3 is 19.2 Å². The molecule has 0 spiro atoms. The van der Waals surface area contributed by atoms with E-state index in [9.17, 15) is 0 Å². The molecule has 0 N–H and O–H groups in total. The summed E-state index contributed by atoms with van der Waals surface area (Å²) in [6.45, 7) is 7.37. The molecular formula is C22H27Cl2N3O3. The van der Waals surface area contributed by atoms with Crippen molar-refractivity contribution in [3.05, 3.63) is 51.5 Å². The van der Waals surface area contributed by atoms with Gasteiger partial charge in [0.05, 0.1) is 22.1 Å². The fraction of sp³-hybridized carbons (Fsp3) is 0.364. The smallest absolute Gasteiger partial charge is 0.133 e. The predicted octanol–water partition coefficient (Wildman–Crippen LogP) is 5.68.